The molecule has 7 nitrogen and oxygen atoms in total. The van der Waals surface area contributed by atoms with E-state index in [9.17, 15) is 24.9 Å². The van der Waals surface area contributed by atoms with Crippen LogP contribution in [-0.2, 0) is 9.59 Å². The molecule has 1 aromatic rings. The molecule has 1 spiro atoms. The lowest BCUT2D eigenvalue weighted by molar-refractivity contribution is -0.139. The molecule has 1 aliphatic heterocycles. The zero-order chi connectivity index (χ0) is 17.0. The highest BCUT2D eigenvalue weighted by molar-refractivity contribution is 6.35. The molecule has 1 atom stereocenters. The molecule has 1 heterocycles. The van der Waals surface area contributed by atoms with E-state index in [1.54, 1.807) is 12.1 Å². The van der Waals surface area contributed by atoms with Gasteiger partial charge in [-0.1, -0.05) is 29.3 Å². The van der Waals surface area contributed by atoms with E-state index in [2.05, 4.69) is 0 Å². The molecule has 1 aliphatic carbocycles. The number of carbonyl (C=O) groups is 3. The van der Waals surface area contributed by atoms with Crippen molar-refractivity contribution in [2.75, 3.05) is 0 Å². The maximum Gasteiger partial charge on any atom is 0.328 e. The summed E-state index contributed by atoms with van der Waals surface area (Å²) in [6.45, 7) is 0. The molecule has 2 aliphatic rings. The summed E-state index contributed by atoms with van der Waals surface area (Å²) in [6, 6.07) is 6.79. The normalized spacial score (nSPS) is 23.5. The van der Waals surface area contributed by atoms with E-state index in [-0.39, 0.29) is 10.6 Å². The number of nitriles is 2. The van der Waals surface area contributed by atoms with Gasteiger partial charge in [-0.3, -0.25) is 20.2 Å². The predicted octanol–water partition coefficient (Wildman–Crippen LogP) is 1.48. The lowest BCUT2D eigenvalue weighted by atomic mass is 9.91. The van der Waals surface area contributed by atoms with E-state index >= 15 is 0 Å². The Balaban J connectivity index is 2.23. The zero-order valence-electron chi connectivity index (χ0n) is 11.2. The minimum Gasteiger partial charge on any atom is -0.277 e. The van der Waals surface area contributed by atoms with Crippen LogP contribution in [0, 0.1) is 33.5 Å². The molecule has 114 valence electrons. The van der Waals surface area contributed by atoms with Crippen molar-refractivity contribution in [3.63, 3.8) is 0 Å². The van der Waals surface area contributed by atoms with Crippen LogP contribution in [0.4, 0.5) is 4.79 Å². The average molecular weight is 349 g/mol. The first kappa shape index (κ1) is 15.3. The molecule has 2 N–H and O–H groups in total. The Morgan fingerprint density at radius 3 is 2.09 bits per heavy atom. The quantitative estimate of drug-likeness (QED) is 0.744. The number of rotatable bonds is 1. The Kier molecular flexibility index (Phi) is 3.12. The van der Waals surface area contributed by atoms with Crippen molar-refractivity contribution in [2.45, 2.75) is 5.92 Å². The Labute approximate surface area is 139 Å². The maximum atomic E-state index is 12.3. The number of nitrogens with one attached hydrogen (secondary N) is 2. The predicted molar refractivity (Wildman–Crippen MR) is 77.0 cm³/mol. The molecule has 4 amide bonds. The Bertz CT molecular complexity index is 834. The van der Waals surface area contributed by atoms with E-state index in [0.29, 0.717) is 5.02 Å². The number of hydrogen-bond acceptors (Lipinski definition) is 5. The molecule has 1 aromatic carbocycles. The summed E-state index contributed by atoms with van der Waals surface area (Å²) in [7, 11) is 0. The van der Waals surface area contributed by atoms with E-state index in [0.717, 1.165) is 0 Å². The van der Waals surface area contributed by atoms with Gasteiger partial charge < -0.3 is 0 Å². The first-order valence-electron chi connectivity index (χ1n) is 6.29. The van der Waals surface area contributed by atoms with Gasteiger partial charge in [-0.25, -0.2) is 4.79 Å². The number of nitrogens with zero attached hydrogens (tertiary/aromatic N) is 2. The molecular formula is C14H6Cl2N4O3. The van der Waals surface area contributed by atoms with Crippen LogP contribution in [-0.4, -0.2) is 17.8 Å². The number of carbonyl (C=O) groups excluding carboxylic acids is 3. The highest BCUT2D eigenvalue weighted by atomic mass is 35.5. The van der Waals surface area contributed by atoms with Crippen LogP contribution < -0.4 is 10.6 Å². The maximum absolute atomic E-state index is 12.3. The van der Waals surface area contributed by atoms with E-state index < -0.39 is 34.6 Å². The van der Waals surface area contributed by atoms with Crippen molar-refractivity contribution in [3.8, 4) is 12.1 Å². The van der Waals surface area contributed by atoms with Crippen LogP contribution in [0.5, 0.6) is 0 Å². The van der Waals surface area contributed by atoms with Gasteiger partial charge in [-0.2, -0.15) is 10.5 Å². The van der Waals surface area contributed by atoms with Crippen molar-refractivity contribution in [3.05, 3.63) is 33.8 Å². The second-order valence-electron chi connectivity index (χ2n) is 5.18. The largest absolute Gasteiger partial charge is 0.328 e. The third-order valence-corrected chi connectivity index (χ3v) is 4.76. The van der Waals surface area contributed by atoms with Gasteiger partial charge in [0.1, 0.15) is 0 Å². The number of barbiturate groups is 1. The fourth-order valence-electron chi connectivity index (χ4n) is 3.17. The van der Waals surface area contributed by atoms with Crippen LogP contribution >= 0.6 is 23.2 Å². The van der Waals surface area contributed by atoms with E-state index in [1.165, 1.54) is 18.2 Å². The molecule has 0 radical (unpaired) electrons. The van der Waals surface area contributed by atoms with Gasteiger partial charge in [0.05, 0.1) is 12.1 Å². The monoisotopic (exact) mass is 348 g/mol. The summed E-state index contributed by atoms with van der Waals surface area (Å²) in [6.07, 6.45) is 0. The van der Waals surface area contributed by atoms with Crippen LogP contribution in [0.15, 0.2) is 18.2 Å². The topological polar surface area (TPSA) is 123 Å². The minimum atomic E-state index is -2.03. The second-order valence-corrected chi connectivity index (χ2v) is 6.02. The van der Waals surface area contributed by atoms with Crippen LogP contribution in [0.25, 0.3) is 0 Å². The van der Waals surface area contributed by atoms with Gasteiger partial charge >= 0.3 is 6.03 Å². The summed E-state index contributed by atoms with van der Waals surface area (Å²) >= 11 is 11.9. The molecule has 9 heteroatoms. The standard InChI is InChI=1S/C14H6Cl2N4O3/c15-6-1-2-7(8(16)3-6)9-13(4-17,5-18)14(9)10(21)19-12(23)20-11(14)22/h1-3,9H,(H2,19,20,21,22,23). The molecule has 2 fully saturated rings. The Hall–Kier alpha value is -2.61. The zero-order valence-corrected chi connectivity index (χ0v) is 12.7. The third-order valence-electron chi connectivity index (χ3n) is 4.20. The minimum absolute atomic E-state index is 0.117. The van der Waals surface area contributed by atoms with Gasteiger partial charge in [0, 0.05) is 16.0 Å². The summed E-state index contributed by atoms with van der Waals surface area (Å²) in [5, 5.41) is 23.2. The van der Waals surface area contributed by atoms with Gasteiger partial charge in [0.2, 0.25) is 11.8 Å². The molecule has 0 bridgehead atoms. The lowest BCUT2D eigenvalue weighted by Crippen LogP contribution is -2.59. The SMILES string of the molecule is N#CC1(C#N)C(c2ccc(Cl)cc2Cl)C12C(=O)NC(=O)NC2=O. The fourth-order valence-corrected chi connectivity index (χ4v) is 3.68. The fraction of sp³-hybridized carbons (Fsp3) is 0.214. The molecular weight excluding hydrogens is 343 g/mol. The Morgan fingerprint density at radius 2 is 1.61 bits per heavy atom. The van der Waals surface area contributed by atoms with Crippen molar-refractivity contribution >= 4 is 41.0 Å². The number of amides is 4. The lowest BCUT2D eigenvalue weighted by Gasteiger charge is -2.21. The van der Waals surface area contributed by atoms with Gasteiger partial charge in [-0.15, -0.1) is 0 Å². The van der Waals surface area contributed by atoms with Gasteiger partial charge in [0.15, 0.2) is 10.8 Å². The number of imide groups is 2. The Morgan fingerprint density at radius 1 is 1.04 bits per heavy atom. The summed E-state index contributed by atoms with van der Waals surface area (Å²) in [5.41, 5.74) is -3.72. The van der Waals surface area contributed by atoms with Crippen molar-refractivity contribution in [2.24, 2.45) is 10.8 Å². The number of hydrogen-bond donors (Lipinski definition) is 2. The smallest absolute Gasteiger partial charge is 0.277 e. The van der Waals surface area contributed by atoms with Gasteiger partial charge in [0.25, 0.3) is 0 Å². The molecule has 0 aromatic heterocycles. The molecule has 23 heavy (non-hydrogen) atoms. The summed E-state index contributed by atoms with van der Waals surface area (Å²) in [5.74, 6) is -3.10. The van der Waals surface area contributed by atoms with Crippen LogP contribution in [0.3, 0.4) is 0 Å². The third kappa shape index (κ3) is 1.66. The van der Waals surface area contributed by atoms with Gasteiger partial charge in [-0.05, 0) is 17.7 Å². The molecule has 1 saturated heterocycles. The first-order chi connectivity index (χ1) is 10.8. The van der Waals surface area contributed by atoms with Crippen LogP contribution in [0.2, 0.25) is 10.0 Å². The second kappa shape index (κ2) is 4.69. The number of urea groups is 1. The van der Waals surface area contributed by atoms with Crippen molar-refractivity contribution in [1.82, 2.24) is 10.6 Å². The van der Waals surface area contributed by atoms with Crippen molar-refractivity contribution in [1.29, 1.82) is 10.5 Å². The summed E-state index contributed by atoms with van der Waals surface area (Å²) in [4.78, 5) is 35.9. The highest BCUT2D eigenvalue weighted by Gasteiger charge is 2.88. The summed E-state index contributed by atoms with van der Waals surface area (Å²) < 4.78 is 0. The van der Waals surface area contributed by atoms with E-state index in [1.807, 2.05) is 10.6 Å². The van der Waals surface area contributed by atoms with Crippen molar-refractivity contribution < 1.29 is 14.4 Å². The molecule has 1 unspecified atom stereocenters. The van der Waals surface area contributed by atoms with E-state index in [4.69, 9.17) is 23.2 Å². The average Bonchev–Trinajstić information content (AvgIpc) is 3.10. The molecule has 3 rings (SSSR count). The molecule has 1 saturated carbocycles. The highest BCUT2D eigenvalue weighted by Crippen LogP contribution is 2.75. The number of benzene rings is 1. The number of halogens is 2. The van der Waals surface area contributed by atoms with Crippen LogP contribution in [0.1, 0.15) is 11.5 Å². The first-order valence-corrected chi connectivity index (χ1v) is 7.05.